The third kappa shape index (κ3) is 38.9. The topological polar surface area (TPSA) is 27.7 Å². The lowest BCUT2D eigenvalue weighted by atomic mass is 10.1. The highest BCUT2D eigenvalue weighted by Gasteiger charge is 1.96. The summed E-state index contributed by atoms with van der Waals surface area (Å²) in [4.78, 5) is 0. The second kappa shape index (κ2) is 29.6. The zero-order valence-electron chi connectivity index (χ0n) is 16.3. The SMILES string of the molecule is C.C=CCOCC(C)CC.CCC(C)COCOC.CCCC. The van der Waals surface area contributed by atoms with E-state index in [0.717, 1.165) is 13.2 Å². The largest absolute Gasteiger partial charge is 0.377 e. The lowest BCUT2D eigenvalue weighted by molar-refractivity contribution is -0.0417. The van der Waals surface area contributed by atoms with Crippen molar-refractivity contribution in [2.45, 2.75) is 74.7 Å². The molecule has 2 atom stereocenters. The third-order valence-electron chi connectivity index (χ3n) is 3.14. The van der Waals surface area contributed by atoms with E-state index in [1.807, 2.05) is 0 Å². The molecule has 0 amide bonds. The van der Waals surface area contributed by atoms with Crippen LogP contribution in [-0.4, -0.2) is 33.7 Å². The summed E-state index contributed by atoms with van der Waals surface area (Å²) in [5, 5.41) is 0. The van der Waals surface area contributed by atoms with E-state index in [0.29, 0.717) is 25.2 Å². The maximum atomic E-state index is 5.22. The molecule has 144 valence electrons. The van der Waals surface area contributed by atoms with Crippen LogP contribution < -0.4 is 0 Å². The van der Waals surface area contributed by atoms with Gasteiger partial charge in [0.2, 0.25) is 0 Å². The molecule has 2 unspecified atom stereocenters. The molecule has 0 aliphatic heterocycles. The van der Waals surface area contributed by atoms with Crippen molar-refractivity contribution in [3.05, 3.63) is 12.7 Å². The van der Waals surface area contributed by atoms with E-state index < -0.39 is 0 Å². The molecular weight excluding hydrogens is 288 g/mol. The van der Waals surface area contributed by atoms with Crippen LogP contribution in [0, 0.1) is 11.8 Å². The van der Waals surface area contributed by atoms with Crippen molar-refractivity contribution in [2.75, 3.05) is 33.7 Å². The maximum absolute atomic E-state index is 5.22. The Morgan fingerprint density at radius 1 is 0.870 bits per heavy atom. The molecule has 3 nitrogen and oxygen atoms in total. The van der Waals surface area contributed by atoms with Crippen LogP contribution in [0.25, 0.3) is 0 Å². The minimum absolute atomic E-state index is 0. The number of methoxy groups -OCH3 is 1. The van der Waals surface area contributed by atoms with E-state index >= 15 is 0 Å². The van der Waals surface area contributed by atoms with E-state index in [1.165, 1.54) is 25.7 Å². The molecule has 0 saturated carbocycles. The van der Waals surface area contributed by atoms with Crippen LogP contribution in [0.2, 0.25) is 0 Å². The zero-order valence-corrected chi connectivity index (χ0v) is 16.3. The predicted octanol–water partition coefficient (Wildman–Crippen LogP) is 6.33. The van der Waals surface area contributed by atoms with Gasteiger partial charge in [-0.3, -0.25) is 0 Å². The van der Waals surface area contributed by atoms with Gasteiger partial charge in [-0.25, -0.2) is 0 Å². The fourth-order valence-corrected chi connectivity index (χ4v) is 0.921. The van der Waals surface area contributed by atoms with Crippen LogP contribution in [-0.2, 0) is 14.2 Å². The average Bonchev–Trinajstić information content (AvgIpc) is 2.55. The van der Waals surface area contributed by atoms with Crippen molar-refractivity contribution >= 4 is 0 Å². The molecule has 0 spiro atoms. The van der Waals surface area contributed by atoms with Gasteiger partial charge in [0.05, 0.1) is 13.2 Å². The Hall–Kier alpha value is -0.380. The predicted molar refractivity (Wildman–Crippen MR) is 105 cm³/mol. The van der Waals surface area contributed by atoms with E-state index in [9.17, 15) is 0 Å². The Morgan fingerprint density at radius 2 is 1.30 bits per heavy atom. The summed E-state index contributed by atoms with van der Waals surface area (Å²) in [5.41, 5.74) is 0. The number of unbranched alkanes of at least 4 members (excludes halogenated alkanes) is 1. The van der Waals surface area contributed by atoms with E-state index in [1.54, 1.807) is 13.2 Å². The highest BCUT2D eigenvalue weighted by molar-refractivity contribution is 4.64. The van der Waals surface area contributed by atoms with E-state index in [2.05, 4.69) is 48.1 Å². The van der Waals surface area contributed by atoms with Gasteiger partial charge in [-0.1, -0.05) is 80.7 Å². The van der Waals surface area contributed by atoms with Gasteiger partial charge in [0.25, 0.3) is 0 Å². The average molecular weight is 335 g/mol. The van der Waals surface area contributed by atoms with Crippen LogP contribution in [0.3, 0.4) is 0 Å². The Balaban J connectivity index is -0.000000124. The van der Waals surface area contributed by atoms with Crippen LogP contribution in [0.1, 0.15) is 74.7 Å². The molecule has 0 aromatic carbocycles. The van der Waals surface area contributed by atoms with E-state index in [4.69, 9.17) is 14.2 Å². The van der Waals surface area contributed by atoms with Crippen LogP contribution in [0.15, 0.2) is 12.7 Å². The quantitative estimate of drug-likeness (QED) is 0.251. The fraction of sp³-hybridized carbons (Fsp3) is 0.900. The summed E-state index contributed by atoms with van der Waals surface area (Å²) in [7, 11) is 1.64. The Morgan fingerprint density at radius 3 is 1.61 bits per heavy atom. The molecule has 23 heavy (non-hydrogen) atoms. The van der Waals surface area contributed by atoms with Gasteiger partial charge in [-0.05, 0) is 11.8 Å². The van der Waals surface area contributed by atoms with Gasteiger partial charge in [-0.2, -0.15) is 0 Å². The minimum Gasteiger partial charge on any atom is -0.377 e. The molecule has 0 heterocycles. The molecule has 0 fully saturated rings. The normalized spacial score (nSPS) is 11.8. The van der Waals surface area contributed by atoms with E-state index in [-0.39, 0.29) is 7.43 Å². The lowest BCUT2D eigenvalue weighted by Gasteiger charge is -2.07. The fourth-order valence-electron chi connectivity index (χ4n) is 0.921. The van der Waals surface area contributed by atoms with Crippen molar-refractivity contribution in [3.8, 4) is 0 Å². The molecule has 0 aliphatic carbocycles. The van der Waals surface area contributed by atoms with Gasteiger partial charge in [0.15, 0.2) is 0 Å². The van der Waals surface area contributed by atoms with Crippen LogP contribution >= 0.6 is 0 Å². The Kier molecular flexibility index (Phi) is 39.3. The first kappa shape index (κ1) is 30.5. The van der Waals surface area contributed by atoms with Crippen LogP contribution in [0.4, 0.5) is 0 Å². The molecule has 0 rings (SSSR count). The second-order valence-corrected chi connectivity index (χ2v) is 5.63. The van der Waals surface area contributed by atoms with Crippen molar-refractivity contribution in [1.29, 1.82) is 0 Å². The maximum Gasteiger partial charge on any atom is 0.146 e. The van der Waals surface area contributed by atoms with Gasteiger partial charge < -0.3 is 14.2 Å². The van der Waals surface area contributed by atoms with Crippen molar-refractivity contribution in [1.82, 2.24) is 0 Å². The standard InChI is InChI=1S/C8H16O.C7H16O2.C4H10.CH4/c1-4-6-9-7-8(3)5-2;1-4-7(2)5-9-6-8-3;1-3-4-2;/h4,8H,1,5-7H2,2-3H3;7H,4-6H2,1-3H3;3-4H2,1-2H3;1H4. The first-order valence-electron chi connectivity index (χ1n) is 8.78. The molecular formula is C20H46O3. The Bertz CT molecular complexity index is 182. The zero-order chi connectivity index (χ0) is 17.6. The number of rotatable bonds is 11. The second-order valence-electron chi connectivity index (χ2n) is 5.63. The van der Waals surface area contributed by atoms with Gasteiger partial charge in [0.1, 0.15) is 6.79 Å². The molecule has 3 heteroatoms. The van der Waals surface area contributed by atoms with Crippen LogP contribution in [0.5, 0.6) is 0 Å². The molecule has 0 N–H and O–H groups in total. The van der Waals surface area contributed by atoms with Crippen molar-refractivity contribution in [3.63, 3.8) is 0 Å². The lowest BCUT2D eigenvalue weighted by Crippen LogP contribution is -2.06. The summed E-state index contributed by atoms with van der Waals surface area (Å²) in [6.45, 7) is 19.4. The monoisotopic (exact) mass is 334 g/mol. The van der Waals surface area contributed by atoms with Gasteiger partial charge in [0, 0.05) is 13.7 Å². The molecule has 0 aliphatic rings. The molecule has 0 radical (unpaired) electrons. The van der Waals surface area contributed by atoms with Crippen molar-refractivity contribution < 1.29 is 14.2 Å². The van der Waals surface area contributed by atoms with Crippen molar-refractivity contribution in [2.24, 2.45) is 11.8 Å². The third-order valence-corrected chi connectivity index (χ3v) is 3.14. The summed E-state index contributed by atoms with van der Waals surface area (Å²) < 4.78 is 15.0. The number of hydrogen-bond acceptors (Lipinski definition) is 3. The highest BCUT2D eigenvalue weighted by Crippen LogP contribution is 2.00. The van der Waals surface area contributed by atoms with Gasteiger partial charge >= 0.3 is 0 Å². The minimum atomic E-state index is 0. The Labute approximate surface area is 147 Å². The summed E-state index contributed by atoms with van der Waals surface area (Å²) in [5.74, 6) is 1.34. The number of hydrogen-bond donors (Lipinski definition) is 0. The molecule has 0 bridgehead atoms. The smallest absolute Gasteiger partial charge is 0.146 e. The summed E-state index contributed by atoms with van der Waals surface area (Å²) >= 11 is 0. The molecule has 0 saturated heterocycles. The molecule has 0 aromatic heterocycles. The molecule has 0 aromatic rings. The highest BCUT2D eigenvalue weighted by atomic mass is 16.7. The summed E-state index contributed by atoms with van der Waals surface area (Å²) in [6.07, 6.45) is 6.78. The summed E-state index contributed by atoms with van der Waals surface area (Å²) in [6, 6.07) is 0. The first-order valence-corrected chi connectivity index (χ1v) is 8.78. The first-order chi connectivity index (χ1) is 10.5. The van der Waals surface area contributed by atoms with Gasteiger partial charge in [-0.15, -0.1) is 6.58 Å². The number of ether oxygens (including phenoxy) is 3.